The maximum absolute atomic E-state index is 11.4. The van der Waals surface area contributed by atoms with Gasteiger partial charge >= 0.3 is 5.69 Å². The number of β-amino-alcohol motifs (C(OH)–C–C–N with tert-alkyl or cyclic N) is 1. The second-order valence-corrected chi connectivity index (χ2v) is 4.77. The largest absolute Gasteiger partial charge is 0.391 e. The fraction of sp³-hybridized carbons (Fsp3) is 0.545. The van der Waals surface area contributed by atoms with Crippen molar-refractivity contribution in [2.75, 3.05) is 18.0 Å². The molecule has 1 aliphatic heterocycles. The third-order valence-corrected chi connectivity index (χ3v) is 3.50. The molecular weight excluding hydrogens is 234 g/mol. The van der Waals surface area contributed by atoms with Gasteiger partial charge in [0.05, 0.1) is 6.10 Å². The van der Waals surface area contributed by atoms with Crippen LogP contribution in [0.3, 0.4) is 0 Å². The highest BCUT2D eigenvalue weighted by molar-refractivity contribution is 5.45. The van der Waals surface area contributed by atoms with Gasteiger partial charge < -0.3 is 10.0 Å². The van der Waals surface area contributed by atoms with Gasteiger partial charge in [-0.05, 0) is 24.5 Å². The molecule has 1 saturated heterocycles. The molecule has 2 unspecified atom stereocenters. The van der Waals surface area contributed by atoms with E-state index in [1.165, 1.54) is 4.52 Å². The van der Waals surface area contributed by atoms with Gasteiger partial charge in [0.15, 0.2) is 5.65 Å². The number of aromatic nitrogens is 4. The molecule has 7 heteroatoms. The summed E-state index contributed by atoms with van der Waals surface area (Å²) in [5.41, 5.74) is 0.146. The van der Waals surface area contributed by atoms with Crippen molar-refractivity contribution in [1.82, 2.24) is 19.8 Å². The number of H-pyrrole nitrogens is 1. The van der Waals surface area contributed by atoms with Crippen molar-refractivity contribution in [3.05, 3.63) is 22.6 Å². The standard InChI is InChI=1S/C11H15N5O2/c1-7-4-5-15(6-8(7)17)10-3-2-9-12-13-11(18)16(9)14-10/h2-3,7-8,17H,4-6H2,1H3,(H,13,18). The summed E-state index contributed by atoms with van der Waals surface area (Å²) >= 11 is 0. The Morgan fingerprint density at radius 2 is 2.33 bits per heavy atom. The number of piperidine rings is 1. The van der Waals surface area contributed by atoms with Crippen LogP contribution in [0, 0.1) is 5.92 Å². The Labute approximate surface area is 103 Å². The van der Waals surface area contributed by atoms with Crippen LogP contribution in [-0.2, 0) is 0 Å². The number of nitrogens with one attached hydrogen (secondary N) is 1. The Morgan fingerprint density at radius 3 is 3.11 bits per heavy atom. The van der Waals surface area contributed by atoms with Crippen LogP contribution in [-0.4, -0.2) is 44.1 Å². The van der Waals surface area contributed by atoms with Crippen molar-refractivity contribution >= 4 is 11.5 Å². The van der Waals surface area contributed by atoms with E-state index < -0.39 is 0 Å². The van der Waals surface area contributed by atoms with Crippen LogP contribution < -0.4 is 10.6 Å². The number of anilines is 1. The molecule has 0 aliphatic carbocycles. The molecule has 2 N–H and O–H groups in total. The third kappa shape index (κ3) is 1.76. The van der Waals surface area contributed by atoms with Gasteiger partial charge in [0.1, 0.15) is 5.82 Å². The van der Waals surface area contributed by atoms with Crippen LogP contribution in [0.15, 0.2) is 16.9 Å². The summed E-state index contributed by atoms with van der Waals surface area (Å²) in [6.45, 7) is 3.43. The predicted molar refractivity (Wildman–Crippen MR) is 65.6 cm³/mol. The van der Waals surface area contributed by atoms with Crippen molar-refractivity contribution < 1.29 is 5.11 Å². The van der Waals surface area contributed by atoms with Crippen LogP contribution in [0.2, 0.25) is 0 Å². The van der Waals surface area contributed by atoms with Gasteiger partial charge in [-0.3, -0.25) is 0 Å². The Hall–Kier alpha value is -1.89. The number of aliphatic hydroxyl groups excluding tert-OH is 1. The molecular formula is C11H15N5O2. The predicted octanol–water partition coefficient (Wildman–Crippen LogP) is -0.375. The highest BCUT2D eigenvalue weighted by atomic mass is 16.3. The molecule has 96 valence electrons. The highest BCUT2D eigenvalue weighted by Gasteiger charge is 2.25. The minimum Gasteiger partial charge on any atom is -0.391 e. The number of fused-ring (bicyclic) bond motifs is 1. The van der Waals surface area contributed by atoms with Crippen LogP contribution in [0.1, 0.15) is 13.3 Å². The molecule has 3 rings (SSSR count). The van der Waals surface area contributed by atoms with E-state index in [0.29, 0.717) is 23.9 Å². The molecule has 0 bridgehead atoms. The lowest BCUT2D eigenvalue weighted by Gasteiger charge is -2.34. The van der Waals surface area contributed by atoms with Crippen LogP contribution in [0.4, 0.5) is 5.82 Å². The quantitative estimate of drug-likeness (QED) is 0.719. The van der Waals surface area contributed by atoms with E-state index in [0.717, 1.165) is 13.0 Å². The minimum absolute atomic E-state index is 0.307. The lowest BCUT2D eigenvalue weighted by atomic mass is 9.96. The smallest absolute Gasteiger partial charge is 0.364 e. The van der Waals surface area contributed by atoms with Crippen LogP contribution in [0.5, 0.6) is 0 Å². The Bertz CT molecular complexity index is 619. The number of rotatable bonds is 1. The molecule has 2 aromatic rings. The van der Waals surface area contributed by atoms with E-state index in [1.807, 2.05) is 17.9 Å². The number of hydrogen-bond donors (Lipinski definition) is 2. The molecule has 0 saturated carbocycles. The van der Waals surface area contributed by atoms with E-state index in [1.54, 1.807) is 6.07 Å². The molecule has 18 heavy (non-hydrogen) atoms. The van der Waals surface area contributed by atoms with E-state index in [9.17, 15) is 9.90 Å². The average molecular weight is 249 g/mol. The van der Waals surface area contributed by atoms with Gasteiger partial charge in [-0.25, -0.2) is 9.89 Å². The fourth-order valence-corrected chi connectivity index (χ4v) is 2.22. The monoisotopic (exact) mass is 249 g/mol. The first kappa shape index (κ1) is 11.2. The summed E-state index contributed by atoms with van der Waals surface area (Å²) in [6.07, 6.45) is 0.568. The van der Waals surface area contributed by atoms with Gasteiger partial charge in [0, 0.05) is 13.1 Å². The number of aromatic amines is 1. The van der Waals surface area contributed by atoms with E-state index in [4.69, 9.17) is 0 Å². The second-order valence-electron chi connectivity index (χ2n) is 4.77. The molecule has 0 radical (unpaired) electrons. The summed E-state index contributed by atoms with van der Waals surface area (Å²) in [7, 11) is 0. The molecule has 2 aromatic heterocycles. The number of nitrogens with zero attached hydrogens (tertiary/aromatic N) is 4. The summed E-state index contributed by atoms with van der Waals surface area (Å²) in [4.78, 5) is 13.4. The second kappa shape index (κ2) is 4.09. The Balaban J connectivity index is 1.94. The lowest BCUT2D eigenvalue weighted by Crippen LogP contribution is -2.43. The molecule has 0 amide bonds. The number of aliphatic hydroxyl groups is 1. The van der Waals surface area contributed by atoms with Crippen LogP contribution >= 0.6 is 0 Å². The minimum atomic E-state index is -0.350. The van der Waals surface area contributed by atoms with Crippen molar-refractivity contribution in [2.45, 2.75) is 19.4 Å². The van der Waals surface area contributed by atoms with E-state index in [2.05, 4.69) is 15.3 Å². The van der Waals surface area contributed by atoms with Gasteiger partial charge in [-0.15, -0.1) is 5.10 Å². The zero-order valence-electron chi connectivity index (χ0n) is 10.1. The average Bonchev–Trinajstić information content (AvgIpc) is 2.74. The first-order valence-corrected chi connectivity index (χ1v) is 6.02. The lowest BCUT2D eigenvalue weighted by molar-refractivity contribution is 0.102. The molecule has 7 nitrogen and oxygen atoms in total. The zero-order valence-corrected chi connectivity index (χ0v) is 10.1. The molecule has 2 atom stereocenters. The molecule has 1 aliphatic rings. The molecule has 1 fully saturated rings. The molecule has 3 heterocycles. The van der Waals surface area contributed by atoms with Gasteiger partial charge in [0.2, 0.25) is 0 Å². The van der Waals surface area contributed by atoms with Gasteiger partial charge in [-0.2, -0.15) is 9.61 Å². The first-order valence-electron chi connectivity index (χ1n) is 6.02. The first-order chi connectivity index (χ1) is 8.65. The van der Waals surface area contributed by atoms with Crippen molar-refractivity contribution in [1.29, 1.82) is 0 Å². The fourth-order valence-electron chi connectivity index (χ4n) is 2.22. The SMILES string of the molecule is CC1CCN(c2ccc3n[nH]c(=O)n3n2)CC1O. The maximum atomic E-state index is 11.4. The van der Waals surface area contributed by atoms with Gasteiger partial charge in [0.25, 0.3) is 0 Å². The Morgan fingerprint density at radius 1 is 1.50 bits per heavy atom. The zero-order chi connectivity index (χ0) is 12.7. The van der Waals surface area contributed by atoms with E-state index in [-0.39, 0.29) is 11.8 Å². The summed E-state index contributed by atoms with van der Waals surface area (Å²) in [5.74, 6) is 0.999. The van der Waals surface area contributed by atoms with Gasteiger partial charge in [-0.1, -0.05) is 6.92 Å². The molecule has 0 aromatic carbocycles. The topological polar surface area (TPSA) is 86.5 Å². The summed E-state index contributed by atoms with van der Waals surface area (Å²) < 4.78 is 1.24. The van der Waals surface area contributed by atoms with Crippen molar-refractivity contribution in [3.63, 3.8) is 0 Å². The Kier molecular flexibility index (Phi) is 2.55. The van der Waals surface area contributed by atoms with E-state index >= 15 is 0 Å². The number of hydrogen-bond acceptors (Lipinski definition) is 5. The van der Waals surface area contributed by atoms with Crippen molar-refractivity contribution in [2.24, 2.45) is 5.92 Å². The van der Waals surface area contributed by atoms with Crippen molar-refractivity contribution in [3.8, 4) is 0 Å². The summed E-state index contributed by atoms with van der Waals surface area (Å²) in [6, 6.07) is 3.56. The summed E-state index contributed by atoms with van der Waals surface area (Å²) in [5, 5.41) is 20.3. The highest BCUT2D eigenvalue weighted by Crippen LogP contribution is 2.21. The normalized spacial score (nSPS) is 24.7. The maximum Gasteiger partial charge on any atom is 0.364 e. The molecule has 0 spiro atoms. The third-order valence-electron chi connectivity index (χ3n) is 3.50. The van der Waals surface area contributed by atoms with Crippen LogP contribution in [0.25, 0.3) is 5.65 Å².